The van der Waals surface area contributed by atoms with Crippen molar-refractivity contribution in [3.8, 4) is 6.07 Å². The maximum Gasteiger partial charge on any atom is 0.262 e. The number of nitrogens with one attached hydrogen (secondary N) is 1. The number of nitrogens with zero attached hydrogens (tertiary/aromatic N) is 1. The van der Waals surface area contributed by atoms with E-state index in [0.29, 0.717) is 5.76 Å². The molecule has 0 spiro atoms. The van der Waals surface area contributed by atoms with Crippen molar-refractivity contribution in [2.45, 2.75) is 6.10 Å². The Morgan fingerprint density at radius 1 is 1.35 bits per heavy atom. The molecule has 2 aromatic rings. The van der Waals surface area contributed by atoms with Gasteiger partial charge in [0.05, 0.1) is 11.8 Å². The van der Waals surface area contributed by atoms with Crippen LogP contribution in [0, 0.1) is 23.0 Å². The summed E-state index contributed by atoms with van der Waals surface area (Å²) in [5, 5.41) is 21.0. The minimum atomic E-state index is -1.58. The van der Waals surface area contributed by atoms with Crippen molar-refractivity contribution in [3.05, 3.63) is 65.1 Å². The molecule has 1 aromatic carbocycles. The Balaban J connectivity index is 2.05. The molecule has 1 aromatic heterocycles. The van der Waals surface area contributed by atoms with Gasteiger partial charge in [-0.1, -0.05) is 6.07 Å². The van der Waals surface area contributed by atoms with Gasteiger partial charge in [0.1, 0.15) is 35.1 Å². The van der Waals surface area contributed by atoms with Gasteiger partial charge in [-0.25, -0.2) is 8.78 Å². The molecule has 118 valence electrons. The number of hydrogen-bond acceptors (Lipinski definition) is 4. The van der Waals surface area contributed by atoms with Crippen LogP contribution in [-0.4, -0.2) is 17.6 Å². The number of carbonyl (C=O) groups is 1. The Morgan fingerprint density at radius 3 is 2.61 bits per heavy atom. The van der Waals surface area contributed by atoms with Gasteiger partial charge in [0.2, 0.25) is 0 Å². The zero-order valence-corrected chi connectivity index (χ0v) is 11.8. The van der Waals surface area contributed by atoms with E-state index in [0.717, 1.165) is 12.1 Å². The number of nitriles is 1. The summed E-state index contributed by atoms with van der Waals surface area (Å²) < 4.78 is 32.0. The minimum Gasteiger partial charge on any atom is -0.465 e. The first-order chi connectivity index (χ1) is 11.0. The van der Waals surface area contributed by atoms with Crippen LogP contribution < -0.4 is 5.32 Å². The van der Waals surface area contributed by atoms with E-state index in [4.69, 9.17) is 9.68 Å². The number of furan rings is 1. The second kappa shape index (κ2) is 7.33. The summed E-state index contributed by atoms with van der Waals surface area (Å²) in [6.07, 6.45) is 1.01. The van der Waals surface area contributed by atoms with Gasteiger partial charge in [0.25, 0.3) is 5.91 Å². The van der Waals surface area contributed by atoms with Crippen molar-refractivity contribution in [1.82, 2.24) is 5.32 Å². The Morgan fingerprint density at radius 2 is 2.04 bits per heavy atom. The van der Waals surface area contributed by atoms with Gasteiger partial charge in [0, 0.05) is 12.6 Å². The highest BCUT2D eigenvalue weighted by atomic mass is 19.1. The zero-order valence-electron chi connectivity index (χ0n) is 11.8. The van der Waals surface area contributed by atoms with Crippen LogP contribution in [0.3, 0.4) is 0 Å². The molecular formula is C16H12F2N2O3. The maximum atomic E-state index is 13.5. The van der Waals surface area contributed by atoms with Gasteiger partial charge in [-0.15, -0.1) is 0 Å². The molecule has 5 nitrogen and oxygen atoms in total. The smallest absolute Gasteiger partial charge is 0.262 e. The molecule has 0 aliphatic carbocycles. The van der Waals surface area contributed by atoms with Crippen LogP contribution >= 0.6 is 0 Å². The number of aliphatic hydroxyl groups is 1. The summed E-state index contributed by atoms with van der Waals surface area (Å²) in [5.74, 6) is -2.33. The third-order valence-corrected chi connectivity index (χ3v) is 2.98. The van der Waals surface area contributed by atoms with Crippen LogP contribution in [0.1, 0.15) is 17.4 Å². The van der Waals surface area contributed by atoms with E-state index in [9.17, 15) is 18.7 Å². The van der Waals surface area contributed by atoms with E-state index in [1.165, 1.54) is 18.4 Å². The van der Waals surface area contributed by atoms with Gasteiger partial charge < -0.3 is 14.8 Å². The first-order valence-corrected chi connectivity index (χ1v) is 6.58. The molecular weight excluding hydrogens is 306 g/mol. The predicted molar refractivity (Wildman–Crippen MR) is 76.6 cm³/mol. The fourth-order valence-corrected chi connectivity index (χ4v) is 1.88. The standard InChI is InChI=1S/C16H12F2N2O3/c17-12-4-1-5-13(18)15(12)14(21)9-20-16(22)10(8-19)7-11-3-2-6-23-11/h1-7,14,21H,9H2,(H,20,22)/b10-7+. The molecule has 0 saturated carbocycles. The number of amides is 1. The highest BCUT2D eigenvalue weighted by molar-refractivity contribution is 6.01. The number of rotatable bonds is 5. The lowest BCUT2D eigenvalue weighted by Crippen LogP contribution is -2.30. The van der Waals surface area contributed by atoms with Crippen molar-refractivity contribution >= 4 is 12.0 Å². The lowest BCUT2D eigenvalue weighted by atomic mass is 10.1. The molecule has 0 radical (unpaired) electrons. The Kier molecular flexibility index (Phi) is 5.23. The second-order valence-corrected chi connectivity index (χ2v) is 4.55. The van der Waals surface area contributed by atoms with Gasteiger partial charge in [0.15, 0.2) is 0 Å². The second-order valence-electron chi connectivity index (χ2n) is 4.55. The molecule has 1 unspecified atom stereocenters. The lowest BCUT2D eigenvalue weighted by molar-refractivity contribution is -0.117. The summed E-state index contributed by atoms with van der Waals surface area (Å²) in [6, 6.07) is 7.99. The lowest BCUT2D eigenvalue weighted by Gasteiger charge is -2.13. The van der Waals surface area contributed by atoms with Crippen molar-refractivity contribution in [2.24, 2.45) is 0 Å². The summed E-state index contributed by atoms with van der Waals surface area (Å²) in [7, 11) is 0. The van der Waals surface area contributed by atoms with Crippen LogP contribution in [0.5, 0.6) is 0 Å². The molecule has 1 atom stereocenters. The van der Waals surface area contributed by atoms with E-state index < -0.39 is 35.8 Å². The quantitative estimate of drug-likeness (QED) is 0.654. The van der Waals surface area contributed by atoms with Crippen molar-refractivity contribution in [2.75, 3.05) is 6.54 Å². The van der Waals surface area contributed by atoms with Crippen LogP contribution in [-0.2, 0) is 4.79 Å². The molecule has 7 heteroatoms. The number of halogens is 2. The summed E-state index contributed by atoms with van der Waals surface area (Å²) in [4.78, 5) is 11.9. The monoisotopic (exact) mass is 318 g/mol. The first kappa shape index (κ1) is 16.4. The molecule has 0 aliphatic rings. The SMILES string of the molecule is N#C/C(=C\c1ccco1)C(=O)NCC(O)c1c(F)cccc1F. The molecule has 1 amide bonds. The Labute approximate surface area is 130 Å². The molecule has 0 fully saturated rings. The first-order valence-electron chi connectivity index (χ1n) is 6.58. The Hall–Kier alpha value is -2.98. The molecule has 2 rings (SSSR count). The Bertz CT molecular complexity index is 744. The molecule has 2 N–H and O–H groups in total. The highest BCUT2D eigenvalue weighted by Gasteiger charge is 2.19. The average molecular weight is 318 g/mol. The van der Waals surface area contributed by atoms with Crippen LogP contribution in [0.15, 0.2) is 46.6 Å². The third-order valence-electron chi connectivity index (χ3n) is 2.98. The summed E-state index contributed by atoms with van der Waals surface area (Å²) in [5.41, 5.74) is -0.803. The predicted octanol–water partition coefficient (Wildman–Crippen LogP) is 2.31. The summed E-state index contributed by atoms with van der Waals surface area (Å²) in [6.45, 7) is -0.451. The molecule has 23 heavy (non-hydrogen) atoms. The minimum absolute atomic E-state index is 0.263. The van der Waals surface area contributed by atoms with Crippen molar-refractivity contribution < 1.29 is 23.1 Å². The number of carbonyl (C=O) groups excluding carboxylic acids is 1. The van der Waals surface area contributed by atoms with Crippen LogP contribution in [0.2, 0.25) is 0 Å². The van der Waals surface area contributed by atoms with Gasteiger partial charge in [-0.3, -0.25) is 4.79 Å². The van der Waals surface area contributed by atoms with Gasteiger partial charge in [-0.05, 0) is 24.3 Å². The molecule has 0 bridgehead atoms. The normalized spacial score (nSPS) is 12.5. The molecule has 1 heterocycles. The molecule has 0 saturated heterocycles. The van der Waals surface area contributed by atoms with Crippen molar-refractivity contribution in [1.29, 1.82) is 5.26 Å². The fraction of sp³-hybridized carbons (Fsp3) is 0.125. The van der Waals surface area contributed by atoms with E-state index in [1.807, 2.05) is 0 Å². The van der Waals surface area contributed by atoms with Crippen LogP contribution in [0.4, 0.5) is 8.78 Å². The van der Waals surface area contributed by atoms with E-state index in [1.54, 1.807) is 18.2 Å². The van der Waals surface area contributed by atoms with E-state index in [-0.39, 0.29) is 5.57 Å². The topological polar surface area (TPSA) is 86.3 Å². The fourth-order valence-electron chi connectivity index (χ4n) is 1.88. The largest absolute Gasteiger partial charge is 0.465 e. The zero-order chi connectivity index (χ0) is 16.8. The highest BCUT2D eigenvalue weighted by Crippen LogP contribution is 2.20. The van der Waals surface area contributed by atoms with Gasteiger partial charge in [-0.2, -0.15) is 5.26 Å². The van der Waals surface area contributed by atoms with E-state index in [2.05, 4.69) is 5.32 Å². The van der Waals surface area contributed by atoms with Gasteiger partial charge >= 0.3 is 0 Å². The van der Waals surface area contributed by atoms with Crippen LogP contribution in [0.25, 0.3) is 6.08 Å². The number of benzene rings is 1. The number of aliphatic hydroxyl groups excluding tert-OH is 1. The average Bonchev–Trinajstić information content (AvgIpc) is 3.03. The molecule has 0 aliphatic heterocycles. The third kappa shape index (κ3) is 4.02. The maximum absolute atomic E-state index is 13.5. The number of hydrogen-bond donors (Lipinski definition) is 2. The summed E-state index contributed by atoms with van der Waals surface area (Å²) >= 11 is 0. The van der Waals surface area contributed by atoms with E-state index >= 15 is 0 Å². The van der Waals surface area contributed by atoms with Crippen molar-refractivity contribution in [3.63, 3.8) is 0 Å².